The Bertz CT molecular complexity index is 1240. The first-order valence-corrected chi connectivity index (χ1v) is 9.28. The summed E-state index contributed by atoms with van der Waals surface area (Å²) in [5, 5.41) is 11.9. The minimum Gasteiger partial charge on any atom is -0.454 e. The zero-order chi connectivity index (χ0) is 19.3. The van der Waals surface area contributed by atoms with E-state index in [-0.39, 0.29) is 0 Å². The van der Waals surface area contributed by atoms with Gasteiger partial charge in [-0.1, -0.05) is 26.0 Å². The molecule has 0 unspecified atom stereocenters. The standard InChI is InChI=1S/C24H23N2O/c1-14(2)18-12-19-17-10-9-15(3)22(21-8-6-7-11-26(21)5)24(17)27-23(19)20(13-25)16(18)4/h6-12,14H,1-5H3/q+1. The lowest BCUT2D eigenvalue weighted by atomic mass is 9.91. The summed E-state index contributed by atoms with van der Waals surface area (Å²) in [6, 6.07) is 15.0. The highest BCUT2D eigenvalue weighted by atomic mass is 16.3. The van der Waals surface area contributed by atoms with Gasteiger partial charge in [0.2, 0.25) is 5.69 Å². The van der Waals surface area contributed by atoms with Gasteiger partial charge >= 0.3 is 0 Å². The number of rotatable bonds is 2. The number of pyridine rings is 1. The van der Waals surface area contributed by atoms with Gasteiger partial charge < -0.3 is 4.42 Å². The lowest BCUT2D eigenvalue weighted by molar-refractivity contribution is -0.660. The molecule has 2 heterocycles. The van der Waals surface area contributed by atoms with Crippen LogP contribution in [0, 0.1) is 25.2 Å². The van der Waals surface area contributed by atoms with Crippen molar-refractivity contribution in [2.75, 3.05) is 0 Å². The largest absolute Gasteiger partial charge is 0.454 e. The first-order valence-electron chi connectivity index (χ1n) is 9.28. The van der Waals surface area contributed by atoms with Gasteiger partial charge in [-0.25, -0.2) is 4.57 Å². The summed E-state index contributed by atoms with van der Waals surface area (Å²) >= 11 is 0. The topological polar surface area (TPSA) is 40.8 Å². The van der Waals surface area contributed by atoms with E-state index in [0.29, 0.717) is 17.1 Å². The minimum atomic E-state index is 0.350. The second-order valence-corrected chi connectivity index (χ2v) is 7.54. The van der Waals surface area contributed by atoms with Crippen molar-refractivity contribution < 1.29 is 8.98 Å². The molecule has 0 saturated carbocycles. The van der Waals surface area contributed by atoms with Gasteiger partial charge in [0, 0.05) is 22.9 Å². The predicted molar refractivity (Wildman–Crippen MR) is 109 cm³/mol. The van der Waals surface area contributed by atoms with Crippen LogP contribution >= 0.6 is 0 Å². The molecular formula is C24H23N2O+. The normalized spacial score (nSPS) is 11.4. The van der Waals surface area contributed by atoms with Gasteiger partial charge in [0.1, 0.15) is 18.7 Å². The highest BCUT2D eigenvalue weighted by molar-refractivity contribution is 6.11. The van der Waals surface area contributed by atoms with Gasteiger partial charge in [-0.05, 0) is 48.6 Å². The van der Waals surface area contributed by atoms with Crippen molar-refractivity contribution in [3.8, 4) is 17.3 Å². The third-order valence-electron chi connectivity index (χ3n) is 5.48. The molecule has 0 N–H and O–H groups in total. The van der Waals surface area contributed by atoms with Crippen molar-refractivity contribution in [3.05, 3.63) is 64.8 Å². The lowest BCUT2D eigenvalue weighted by Gasteiger charge is -2.11. The fraction of sp³-hybridized carbons (Fsp3) is 0.250. The molecule has 0 atom stereocenters. The Kier molecular flexibility index (Phi) is 4.00. The van der Waals surface area contributed by atoms with Crippen LogP contribution in [0.25, 0.3) is 33.2 Å². The Labute approximate surface area is 159 Å². The predicted octanol–water partition coefficient (Wildman–Crippen LogP) is 5.69. The highest BCUT2D eigenvalue weighted by Crippen LogP contribution is 2.40. The molecule has 4 aromatic rings. The number of hydrogen-bond donors (Lipinski definition) is 0. The number of benzene rings is 2. The molecule has 4 rings (SSSR count). The van der Waals surface area contributed by atoms with Crippen LogP contribution in [0.5, 0.6) is 0 Å². The molecule has 2 aromatic heterocycles. The maximum absolute atomic E-state index is 9.82. The van der Waals surface area contributed by atoms with Crippen LogP contribution in [-0.4, -0.2) is 0 Å². The van der Waals surface area contributed by atoms with Crippen LogP contribution in [0.1, 0.15) is 42.0 Å². The summed E-state index contributed by atoms with van der Waals surface area (Å²) in [4.78, 5) is 0. The van der Waals surface area contributed by atoms with Gasteiger partial charge in [0.25, 0.3) is 0 Å². The van der Waals surface area contributed by atoms with Gasteiger partial charge in [-0.15, -0.1) is 0 Å². The molecule has 0 aliphatic rings. The molecular weight excluding hydrogens is 332 g/mol. The zero-order valence-electron chi connectivity index (χ0n) is 16.4. The van der Waals surface area contributed by atoms with Crippen molar-refractivity contribution in [1.29, 1.82) is 5.26 Å². The summed E-state index contributed by atoms with van der Waals surface area (Å²) in [6.45, 7) is 8.45. The summed E-state index contributed by atoms with van der Waals surface area (Å²) in [5.41, 5.74) is 7.75. The SMILES string of the molecule is Cc1ccc2c(oc3c(C#N)c(C)c(C(C)C)cc32)c1-c1cccc[n+]1C. The van der Waals surface area contributed by atoms with E-state index in [4.69, 9.17) is 4.42 Å². The maximum atomic E-state index is 9.82. The average Bonchev–Trinajstić information content (AvgIpc) is 3.00. The quantitative estimate of drug-likeness (QED) is 0.433. The second kappa shape index (κ2) is 6.25. The molecule has 0 spiro atoms. The van der Waals surface area contributed by atoms with Crippen molar-refractivity contribution in [2.24, 2.45) is 7.05 Å². The Morgan fingerprint density at radius 2 is 1.81 bits per heavy atom. The summed E-state index contributed by atoms with van der Waals surface area (Å²) in [6.07, 6.45) is 2.04. The molecule has 0 radical (unpaired) electrons. The zero-order valence-corrected chi connectivity index (χ0v) is 16.4. The number of fused-ring (bicyclic) bond motifs is 3. The maximum Gasteiger partial charge on any atom is 0.216 e. The number of nitriles is 1. The molecule has 0 amide bonds. The number of hydrogen-bond acceptors (Lipinski definition) is 2. The Balaban J connectivity index is 2.19. The average molecular weight is 355 g/mol. The van der Waals surface area contributed by atoms with Gasteiger partial charge in [0.15, 0.2) is 11.8 Å². The van der Waals surface area contributed by atoms with Crippen LogP contribution in [0.3, 0.4) is 0 Å². The molecule has 3 heteroatoms. The number of aryl methyl sites for hydroxylation is 2. The van der Waals surface area contributed by atoms with Crippen molar-refractivity contribution in [2.45, 2.75) is 33.6 Å². The van der Waals surface area contributed by atoms with Crippen molar-refractivity contribution in [1.82, 2.24) is 0 Å². The smallest absolute Gasteiger partial charge is 0.216 e. The summed E-state index contributed by atoms with van der Waals surface area (Å²) in [5.74, 6) is 0.350. The van der Waals surface area contributed by atoms with E-state index >= 15 is 0 Å². The fourth-order valence-electron chi connectivity index (χ4n) is 4.02. The molecule has 0 saturated heterocycles. The van der Waals surface area contributed by atoms with E-state index in [2.05, 4.69) is 55.7 Å². The van der Waals surface area contributed by atoms with E-state index in [1.807, 2.05) is 32.3 Å². The Morgan fingerprint density at radius 1 is 1.04 bits per heavy atom. The van der Waals surface area contributed by atoms with Crippen LogP contribution in [0.4, 0.5) is 0 Å². The summed E-state index contributed by atoms with van der Waals surface area (Å²) in [7, 11) is 2.04. The van der Waals surface area contributed by atoms with Crippen molar-refractivity contribution >= 4 is 21.9 Å². The lowest BCUT2D eigenvalue weighted by Crippen LogP contribution is -2.30. The molecule has 0 bridgehead atoms. The monoisotopic (exact) mass is 355 g/mol. The molecule has 0 fully saturated rings. The number of nitrogens with zero attached hydrogens (tertiary/aromatic N) is 2. The Hall–Kier alpha value is -3.12. The first-order chi connectivity index (χ1) is 12.9. The van der Waals surface area contributed by atoms with Crippen LogP contribution in [0.15, 0.2) is 47.0 Å². The molecule has 0 aliphatic heterocycles. The third kappa shape index (κ3) is 2.52. The molecule has 3 nitrogen and oxygen atoms in total. The van der Waals surface area contributed by atoms with E-state index in [1.165, 1.54) is 5.56 Å². The third-order valence-corrected chi connectivity index (χ3v) is 5.48. The minimum absolute atomic E-state index is 0.350. The van der Waals surface area contributed by atoms with E-state index in [1.54, 1.807) is 0 Å². The van der Waals surface area contributed by atoms with E-state index in [9.17, 15) is 5.26 Å². The molecule has 2 aromatic carbocycles. The molecule has 134 valence electrons. The van der Waals surface area contributed by atoms with Crippen LogP contribution in [0.2, 0.25) is 0 Å². The number of furan rings is 1. The van der Waals surface area contributed by atoms with Gasteiger partial charge in [-0.3, -0.25) is 0 Å². The van der Waals surface area contributed by atoms with Gasteiger partial charge in [-0.2, -0.15) is 5.26 Å². The van der Waals surface area contributed by atoms with Crippen LogP contribution in [-0.2, 0) is 7.05 Å². The number of aromatic nitrogens is 1. The van der Waals surface area contributed by atoms with E-state index < -0.39 is 0 Å². The van der Waals surface area contributed by atoms with Gasteiger partial charge in [0.05, 0.1) is 11.1 Å². The summed E-state index contributed by atoms with van der Waals surface area (Å²) < 4.78 is 8.48. The van der Waals surface area contributed by atoms with Crippen molar-refractivity contribution in [3.63, 3.8) is 0 Å². The van der Waals surface area contributed by atoms with E-state index in [0.717, 1.165) is 38.7 Å². The second-order valence-electron chi connectivity index (χ2n) is 7.54. The Morgan fingerprint density at radius 3 is 2.48 bits per heavy atom. The molecule has 0 aliphatic carbocycles. The first kappa shape index (κ1) is 17.3. The highest BCUT2D eigenvalue weighted by Gasteiger charge is 2.23. The fourth-order valence-corrected chi connectivity index (χ4v) is 4.02. The molecule has 27 heavy (non-hydrogen) atoms. The van der Waals surface area contributed by atoms with Crippen LogP contribution < -0.4 is 4.57 Å².